The Bertz CT molecular complexity index is 667. The molecule has 5 nitrogen and oxygen atoms in total. The number of aliphatic hydroxyl groups excluding tert-OH is 1. The molecule has 1 atom stereocenters. The van der Waals surface area contributed by atoms with Gasteiger partial charge in [-0.25, -0.2) is 0 Å². The Morgan fingerprint density at radius 3 is 2.28 bits per heavy atom. The second kappa shape index (κ2) is 8.23. The fourth-order valence-corrected chi connectivity index (χ4v) is 3.32. The van der Waals surface area contributed by atoms with E-state index in [9.17, 15) is 5.11 Å². The van der Waals surface area contributed by atoms with Crippen molar-refractivity contribution >= 4 is 11.4 Å². The van der Waals surface area contributed by atoms with Crippen LogP contribution < -0.4 is 19.9 Å². The van der Waals surface area contributed by atoms with E-state index in [1.54, 1.807) is 7.11 Å². The van der Waals surface area contributed by atoms with Crippen LogP contribution in [0.3, 0.4) is 0 Å². The second-order valence-corrected chi connectivity index (χ2v) is 6.31. The number of nitrogens with zero attached hydrogens (tertiary/aromatic N) is 2. The molecular formula is C20H27N3O2. The summed E-state index contributed by atoms with van der Waals surface area (Å²) in [6, 6.07) is 16.4. The first-order valence-corrected chi connectivity index (χ1v) is 8.78. The van der Waals surface area contributed by atoms with Gasteiger partial charge in [-0.3, -0.25) is 0 Å². The number of likely N-dealkylation sites (N-methyl/N-ethyl adjacent to an activating group) is 1. The van der Waals surface area contributed by atoms with Crippen LogP contribution in [0.1, 0.15) is 11.7 Å². The Balaban J connectivity index is 1.62. The highest BCUT2D eigenvalue weighted by molar-refractivity contribution is 5.60. The lowest BCUT2D eigenvalue weighted by molar-refractivity contribution is 0.178. The molecule has 2 aromatic rings. The van der Waals surface area contributed by atoms with Crippen molar-refractivity contribution in [1.82, 2.24) is 5.32 Å². The van der Waals surface area contributed by atoms with E-state index in [0.717, 1.165) is 43.2 Å². The Hall–Kier alpha value is -2.24. The molecule has 0 amide bonds. The molecule has 3 rings (SSSR count). The highest BCUT2D eigenvalue weighted by Gasteiger charge is 2.20. The fourth-order valence-electron chi connectivity index (χ4n) is 3.32. The molecule has 0 spiro atoms. The van der Waals surface area contributed by atoms with E-state index in [1.165, 1.54) is 5.69 Å². The SMILES string of the molecule is CNCC(O)c1ccc(N2CCN(c3ccccc3OC)CC2)cc1. The van der Waals surface area contributed by atoms with Crippen LogP contribution in [-0.2, 0) is 0 Å². The lowest BCUT2D eigenvalue weighted by atomic mass is 10.1. The zero-order valence-electron chi connectivity index (χ0n) is 15.0. The van der Waals surface area contributed by atoms with Gasteiger partial charge in [0.05, 0.1) is 18.9 Å². The lowest BCUT2D eigenvalue weighted by Crippen LogP contribution is -2.46. The quantitative estimate of drug-likeness (QED) is 0.844. The molecule has 0 aromatic heterocycles. The van der Waals surface area contributed by atoms with E-state index < -0.39 is 6.10 Å². The third-order valence-corrected chi connectivity index (χ3v) is 4.75. The molecule has 2 N–H and O–H groups in total. The summed E-state index contributed by atoms with van der Waals surface area (Å²) >= 11 is 0. The van der Waals surface area contributed by atoms with Crippen molar-refractivity contribution in [1.29, 1.82) is 0 Å². The van der Waals surface area contributed by atoms with E-state index in [0.29, 0.717) is 6.54 Å². The summed E-state index contributed by atoms with van der Waals surface area (Å²) in [4.78, 5) is 4.76. The van der Waals surface area contributed by atoms with Gasteiger partial charge < -0.3 is 25.0 Å². The van der Waals surface area contributed by atoms with Crippen LogP contribution in [0, 0.1) is 0 Å². The number of methoxy groups -OCH3 is 1. The van der Waals surface area contributed by atoms with E-state index in [-0.39, 0.29) is 0 Å². The van der Waals surface area contributed by atoms with Gasteiger partial charge in [0.25, 0.3) is 0 Å². The number of ether oxygens (including phenoxy) is 1. The number of rotatable bonds is 6. The number of aliphatic hydroxyl groups is 1. The maximum atomic E-state index is 10.0. The standard InChI is InChI=1S/C20H27N3O2/c1-21-15-19(24)16-7-9-17(10-8-16)22-11-13-23(14-12-22)18-5-3-4-6-20(18)25-2/h3-10,19,21,24H,11-15H2,1-2H3. The molecular weight excluding hydrogens is 314 g/mol. The third kappa shape index (κ3) is 4.06. The molecule has 0 saturated carbocycles. The average Bonchev–Trinajstić information content (AvgIpc) is 2.68. The number of nitrogens with one attached hydrogen (secondary N) is 1. The number of benzene rings is 2. The smallest absolute Gasteiger partial charge is 0.142 e. The zero-order valence-corrected chi connectivity index (χ0v) is 15.0. The summed E-state index contributed by atoms with van der Waals surface area (Å²) in [5, 5.41) is 13.0. The Morgan fingerprint density at radius 1 is 1.00 bits per heavy atom. The molecule has 1 unspecified atom stereocenters. The monoisotopic (exact) mass is 341 g/mol. The van der Waals surface area contributed by atoms with Crippen molar-refractivity contribution in [2.45, 2.75) is 6.10 Å². The highest BCUT2D eigenvalue weighted by Crippen LogP contribution is 2.29. The Morgan fingerprint density at radius 2 is 1.64 bits per heavy atom. The van der Waals surface area contributed by atoms with Gasteiger partial charge in [0.15, 0.2) is 0 Å². The predicted molar refractivity (Wildman–Crippen MR) is 103 cm³/mol. The van der Waals surface area contributed by atoms with Crippen LogP contribution >= 0.6 is 0 Å². The minimum Gasteiger partial charge on any atom is -0.495 e. The number of para-hydroxylation sites is 2. The average molecular weight is 341 g/mol. The number of anilines is 2. The molecule has 0 bridgehead atoms. The van der Waals surface area contributed by atoms with Crippen LogP contribution in [0.25, 0.3) is 0 Å². The minimum atomic E-state index is -0.457. The molecule has 25 heavy (non-hydrogen) atoms. The summed E-state index contributed by atoms with van der Waals surface area (Å²) in [6.07, 6.45) is -0.457. The van der Waals surface area contributed by atoms with Crippen molar-refractivity contribution in [3.63, 3.8) is 0 Å². The normalized spacial score (nSPS) is 16.0. The maximum Gasteiger partial charge on any atom is 0.142 e. The number of hydrogen-bond acceptors (Lipinski definition) is 5. The molecule has 0 aliphatic carbocycles. The van der Waals surface area contributed by atoms with E-state index >= 15 is 0 Å². The van der Waals surface area contributed by atoms with Crippen LogP contribution in [0.15, 0.2) is 48.5 Å². The van der Waals surface area contributed by atoms with Gasteiger partial charge in [0.2, 0.25) is 0 Å². The maximum absolute atomic E-state index is 10.0. The summed E-state index contributed by atoms with van der Waals surface area (Å²) in [6.45, 7) is 4.43. The van der Waals surface area contributed by atoms with Gasteiger partial charge in [-0.2, -0.15) is 0 Å². The molecule has 1 aliphatic heterocycles. The largest absolute Gasteiger partial charge is 0.495 e. The molecule has 1 heterocycles. The molecule has 1 aliphatic rings. The molecule has 134 valence electrons. The van der Waals surface area contributed by atoms with Crippen LogP contribution in [0.2, 0.25) is 0 Å². The highest BCUT2D eigenvalue weighted by atomic mass is 16.5. The molecule has 0 radical (unpaired) electrons. The van der Waals surface area contributed by atoms with E-state index in [2.05, 4.69) is 39.4 Å². The molecule has 1 saturated heterocycles. The first-order valence-electron chi connectivity index (χ1n) is 8.78. The van der Waals surface area contributed by atoms with Gasteiger partial charge in [-0.15, -0.1) is 0 Å². The Labute approximate surface area is 149 Å². The van der Waals surface area contributed by atoms with Crippen LogP contribution in [-0.4, -0.2) is 52.0 Å². The predicted octanol–water partition coefficient (Wildman–Crippen LogP) is 2.27. The van der Waals surface area contributed by atoms with Gasteiger partial charge in [-0.1, -0.05) is 24.3 Å². The number of piperazine rings is 1. The number of hydrogen-bond donors (Lipinski definition) is 2. The van der Waals surface area contributed by atoms with Crippen molar-refractivity contribution in [2.24, 2.45) is 0 Å². The Kier molecular flexibility index (Phi) is 5.79. The summed E-state index contributed by atoms with van der Waals surface area (Å²) < 4.78 is 5.48. The van der Waals surface area contributed by atoms with Crippen molar-refractivity contribution in [3.8, 4) is 5.75 Å². The van der Waals surface area contributed by atoms with Crippen molar-refractivity contribution in [3.05, 3.63) is 54.1 Å². The van der Waals surface area contributed by atoms with Gasteiger partial charge >= 0.3 is 0 Å². The minimum absolute atomic E-state index is 0.457. The van der Waals surface area contributed by atoms with Gasteiger partial charge in [-0.05, 0) is 36.9 Å². The second-order valence-electron chi connectivity index (χ2n) is 6.31. The summed E-state index contributed by atoms with van der Waals surface area (Å²) in [5.74, 6) is 0.929. The van der Waals surface area contributed by atoms with Crippen LogP contribution in [0.5, 0.6) is 5.75 Å². The van der Waals surface area contributed by atoms with Crippen LogP contribution in [0.4, 0.5) is 11.4 Å². The van der Waals surface area contributed by atoms with Gasteiger partial charge in [0, 0.05) is 38.4 Å². The molecule has 1 fully saturated rings. The fraction of sp³-hybridized carbons (Fsp3) is 0.400. The first kappa shape index (κ1) is 17.6. The third-order valence-electron chi connectivity index (χ3n) is 4.75. The van der Waals surface area contributed by atoms with E-state index in [1.807, 2.05) is 31.3 Å². The lowest BCUT2D eigenvalue weighted by Gasteiger charge is -2.38. The summed E-state index contributed by atoms with van der Waals surface area (Å²) in [5.41, 5.74) is 3.32. The first-order chi connectivity index (χ1) is 12.2. The van der Waals surface area contributed by atoms with Gasteiger partial charge in [0.1, 0.15) is 5.75 Å². The van der Waals surface area contributed by atoms with Crippen molar-refractivity contribution < 1.29 is 9.84 Å². The zero-order chi connectivity index (χ0) is 17.6. The molecule has 2 aromatic carbocycles. The van der Waals surface area contributed by atoms with Crippen molar-refractivity contribution in [2.75, 3.05) is 56.7 Å². The summed E-state index contributed by atoms with van der Waals surface area (Å²) in [7, 11) is 3.57. The topological polar surface area (TPSA) is 48.0 Å². The van der Waals surface area contributed by atoms with E-state index in [4.69, 9.17) is 4.74 Å². The molecule has 5 heteroatoms.